The van der Waals surface area contributed by atoms with Crippen LogP contribution in [0.15, 0.2) is 55.0 Å². The molecule has 0 bridgehead atoms. The van der Waals surface area contributed by atoms with Crippen molar-refractivity contribution in [2.24, 2.45) is 7.05 Å². The number of halogens is 1. The largest absolute Gasteiger partial charge is 0.475 e. The van der Waals surface area contributed by atoms with Crippen molar-refractivity contribution >= 4 is 17.7 Å². The molecule has 1 aromatic carbocycles. The van der Waals surface area contributed by atoms with E-state index in [-0.39, 0.29) is 67.7 Å². The molecule has 5 heterocycles. The molecule has 1 N–H and O–H groups in total. The van der Waals surface area contributed by atoms with Crippen molar-refractivity contribution in [2.45, 2.75) is 24.7 Å². The summed E-state index contributed by atoms with van der Waals surface area (Å²) < 4.78 is 28.5. The number of nitrogens with zero attached hydrogens (tertiary/aromatic N) is 6. The van der Waals surface area contributed by atoms with Gasteiger partial charge >= 0.3 is 0 Å². The van der Waals surface area contributed by atoms with Gasteiger partial charge in [-0.2, -0.15) is 0 Å². The normalized spacial score (nSPS) is 23.4. The zero-order valence-corrected chi connectivity index (χ0v) is 23.2. The molecule has 12 nitrogen and oxygen atoms in total. The van der Waals surface area contributed by atoms with Crippen molar-refractivity contribution in [1.82, 2.24) is 34.6 Å². The van der Waals surface area contributed by atoms with Crippen LogP contribution in [0.25, 0.3) is 0 Å². The van der Waals surface area contributed by atoms with Gasteiger partial charge in [-0.1, -0.05) is 12.1 Å². The highest BCUT2D eigenvalue weighted by molar-refractivity contribution is 5.96. The van der Waals surface area contributed by atoms with Crippen LogP contribution in [0, 0.1) is 5.82 Å². The number of amides is 3. The van der Waals surface area contributed by atoms with Crippen LogP contribution in [-0.2, 0) is 23.1 Å². The summed E-state index contributed by atoms with van der Waals surface area (Å²) in [6, 6.07) is 8.16. The number of ether oxygens (including phenoxy) is 2. The molecule has 13 heteroatoms. The van der Waals surface area contributed by atoms with Gasteiger partial charge in [0.1, 0.15) is 30.4 Å². The van der Waals surface area contributed by atoms with Crippen LogP contribution in [0.4, 0.5) is 4.39 Å². The predicted molar refractivity (Wildman–Crippen MR) is 147 cm³/mol. The summed E-state index contributed by atoms with van der Waals surface area (Å²) >= 11 is 0. The third kappa shape index (κ3) is 5.70. The average Bonchev–Trinajstić information content (AvgIpc) is 3.58. The monoisotopic (exact) mass is 577 g/mol. The number of pyridine rings is 1. The van der Waals surface area contributed by atoms with Crippen LogP contribution >= 0.6 is 0 Å². The first kappa shape index (κ1) is 27.8. The predicted octanol–water partition coefficient (Wildman–Crippen LogP) is 0.699. The number of likely N-dealkylation sites (tertiary alicyclic amines) is 1. The van der Waals surface area contributed by atoms with E-state index in [9.17, 15) is 18.8 Å². The average molecular weight is 578 g/mol. The van der Waals surface area contributed by atoms with E-state index in [4.69, 9.17) is 9.47 Å². The van der Waals surface area contributed by atoms with E-state index in [0.717, 1.165) is 5.82 Å². The molecule has 0 aliphatic carbocycles. The van der Waals surface area contributed by atoms with Gasteiger partial charge in [-0.3, -0.25) is 19.3 Å². The number of rotatable bonds is 3. The molecule has 3 aromatic rings. The Hall–Kier alpha value is -4.36. The number of piperazine rings is 1. The van der Waals surface area contributed by atoms with E-state index >= 15 is 0 Å². The number of carbonyl (C=O) groups excluding carboxylic acids is 3. The number of nitrogens with one attached hydrogen (secondary N) is 1. The minimum Gasteiger partial charge on any atom is -0.475 e. The van der Waals surface area contributed by atoms with Crippen molar-refractivity contribution in [3.63, 3.8) is 0 Å². The number of hydrogen-bond donors (Lipinski definition) is 1. The zero-order chi connectivity index (χ0) is 29.2. The number of carbonyl (C=O) groups is 3. The number of benzene rings is 1. The molecule has 3 atom stereocenters. The molecule has 6 rings (SSSR count). The molecule has 3 amide bonds. The molecule has 0 unspecified atom stereocenters. The van der Waals surface area contributed by atoms with Gasteiger partial charge in [0, 0.05) is 58.4 Å². The summed E-state index contributed by atoms with van der Waals surface area (Å²) in [5, 5.41) is 3.05. The quantitative estimate of drug-likeness (QED) is 0.483. The second kappa shape index (κ2) is 11.9. The van der Waals surface area contributed by atoms with E-state index in [2.05, 4.69) is 20.2 Å². The molecule has 0 saturated carbocycles. The molecule has 42 heavy (non-hydrogen) atoms. The van der Waals surface area contributed by atoms with Gasteiger partial charge in [-0.15, -0.1) is 0 Å². The van der Waals surface area contributed by atoms with Crippen LogP contribution in [0.2, 0.25) is 0 Å². The van der Waals surface area contributed by atoms with Crippen LogP contribution in [0.5, 0.6) is 5.88 Å². The standard InChI is InChI=1S/C29H32FN7O5/c1-34-10-9-31-25(34)16-35-14-23-24(15-35)41-18-26(38)37-12-11-36(29(40)20-5-2-3-7-22(20)30)13-19(37)17-42-28-21(27(39)33-23)6-4-8-32-28/h2-10,19,23-24H,11-18H2,1H3,(H,33,39)/t19-,23+,24-/m0/s1. The summed E-state index contributed by atoms with van der Waals surface area (Å²) in [7, 11) is 1.92. The van der Waals surface area contributed by atoms with Crippen LogP contribution in [0.3, 0.4) is 0 Å². The second-order valence-electron chi connectivity index (χ2n) is 10.7. The summed E-state index contributed by atoms with van der Waals surface area (Å²) in [5.74, 6) is -0.682. The Morgan fingerprint density at radius 1 is 1.07 bits per heavy atom. The number of hydrogen-bond acceptors (Lipinski definition) is 8. The molecule has 0 spiro atoms. The maximum atomic E-state index is 14.4. The lowest BCUT2D eigenvalue weighted by Gasteiger charge is -2.41. The van der Waals surface area contributed by atoms with Gasteiger partial charge in [-0.05, 0) is 24.3 Å². The molecule has 220 valence electrons. The highest BCUT2D eigenvalue weighted by Gasteiger charge is 2.39. The Bertz CT molecular complexity index is 1480. The molecule has 0 radical (unpaired) electrons. The fourth-order valence-corrected chi connectivity index (χ4v) is 5.71. The van der Waals surface area contributed by atoms with E-state index in [1.165, 1.54) is 29.3 Å². The lowest BCUT2D eigenvalue weighted by molar-refractivity contribution is -0.143. The van der Waals surface area contributed by atoms with Gasteiger partial charge in [-0.25, -0.2) is 14.4 Å². The second-order valence-corrected chi connectivity index (χ2v) is 10.7. The van der Waals surface area contributed by atoms with E-state index in [1.54, 1.807) is 29.3 Å². The first-order valence-corrected chi connectivity index (χ1v) is 13.9. The third-order valence-electron chi connectivity index (χ3n) is 7.99. The van der Waals surface area contributed by atoms with Gasteiger partial charge in [0.05, 0.1) is 30.3 Å². The minimum absolute atomic E-state index is 0.0195. The molecular formula is C29H32FN7O5. The van der Waals surface area contributed by atoms with Gasteiger partial charge in [0.15, 0.2) is 0 Å². The van der Waals surface area contributed by atoms with Gasteiger partial charge in [0.2, 0.25) is 11.8 Å². The van der Waals surface area contributed by atoms with Crippen molar-refractivity contribution < 1.29 is 28.2 Å². The number of imidazole rings is 1. The maximum Gasteiger partial charge on any atom is 0.257 e. The van der Waals surface area contributed by atoms with Gasteiger partial charge < -0.3 is 29.2 Å². The van der Waals surface area contributed by atoms with Crippen LogP contribution < -0.4 is 10.1 Å². The topological polar surface area (TPSA) is 122 Å². The SMILES string of the molecule is Cn1ccnc1CN1C[C@@H]2OCC(=O)N3CCN(C(=O)c4ccccc4F)C[C@H]3COc3ncccc3C(=O)N[C@@H]2C1. The Morgan fingerprint density at radius 2 is 1.93 bits per heavy atom. The fourth-order valence-electron chi connectivity index (χ4n) is 5.71. The highest BCUT2D eigenvalue weighted by Crippen LogP contribution is 2.23. The summed E-state index contributed by atoms with van der Waals surface area (Å²) in [6.45, 7) is 1.92. The molecule has 2 saturated heterocycles. The Morgan fingerprint density at radius 3 is 2.74 bits per heavy atom. The summed E-state index contributed by atoms with van der Waals surface area (Å²) in [6.07, 6.45) is 4.69. The first-order chi connectivity index (χ1) is 20.4. The first-order valence-electron chi connectivity index (χ1n) is 13.9. The number of aromatic nitrogens is 3. The smallest absolute Gasteiger partial charge is 0.257 e. The van der Waals surface area contributed by atoms with Crippen molar-refractivity contribution in [2.75, 3.05) is 45.9 Å². The fraction of sp³-hybridized carbons (Fsp3) is 0.414. The van der Waals surface area contributed by atoms with Crippen LogP contribution in [-0.4, -0.2) is 111 Å². The Labute approximate surface area is 242 Å². The van der Waals surface area contributed by atoms with E-state index in [0.29, 0.717) is 19.6 Å². The van der Waals surface area contributed by atoms with E-state index in [1.807, 2.05) is 17.8 Å². The lowest BCUT2D eigenvalue weighted by atomic mass is 10.1. The highest BCUT2D eigenvalue weighted by atomic mass is 19.1. The van der Waals surface area contributed by atoms with E-state index < -0.39 is 23.9 Å². The molecule has 2 fully saturated rings. The van der Waals surface area contributed by atoms with Crippen molar-refractivity contribution in [3.8, 4) is 5.88 Å². The maximum absolute atomic E-state index is 14.4. The molecule has 3 aliphatic rings. The third-order valence-corrected chi connectivity index (χ3v) is 7.99. The summed E-state index contributed by atoms with van der Waals surface area (Å²) in [4.78, 5) is 54.0. The van der Waals surface area contributed by atoms with Gasteiger partial charge in [0.25, 0.3) is 11.8 Å². The van der Waals surface area contributed by atoms with Crippen LogP contribution in [0.1, 0.15) is 26.5 Å². The summed E-state index contributed by atoms with van der Waals surface area (Å²) in [5.41, 5.74) is 0.225. The number of aryl methyl sites for hydroxylation is 1. The molecular weight excluding hydrogens is 545 g/mol. The van der Waals surface area contributed by atoms with Crippen molar-refractivity contribution in [3.05, 3.63) is 77.8 Å². The molecule has 3 aliphatic heterocycles. The Kier molecular flexibility index (Phi) is 7.85. The minimum atomic E-state index is -0.604. The number of fused-ring (bicyclic) bond motifs is 3. The Balaban J connectivity index is 1.24. The zero-order valence-electron chi connectivity index (χ0n) is 23.2. The van der Waals surface area contributed by atoms with Crippen molar-refractivity contribution in [1.29, 1.82) is 0 Å². The lowest BCUT2D eigenvalue weighted by Crippen LogP contribution is -2.59. The molecule has 2 aromatic heterocycles.